The van der Waals surface area contributed by atoms with Crippen LogP contribution in [0.5, 0.6) is 11.5 Å². The fraction of sp³-hybridized carbons (Fsp3) is 0.304. The molecule has 1 N–H and O–H groups in total. The smallest absolute Gasteiger partial charge is 0.336 e. The Labute approximate surface area is 164 Å². The maximum Gasteiger partial charge on any atom is 0.336 e. The lowest BCUT2D eigenvalue weighted by molar-refractivity contribution is 0.0699. The Bertz CT molecular complexity index is 1030. The molecule has 0 saturated heterocycles. The summed E-state index contributed by atoms with van der Waals surface area (Å²) >= 11 is 0. The Morgan fingerprint density at radius 1 is 1.07 bits per heavy atom. The third-order valence-corrected chi connectivity index (χ3v) is 4.89. The maximum atomic E-state index is 12.0. The first-order valence-electron chi connectivity index (χ1n) is 9.38. The number of carboxylic acids is 1. The van der Waals surface area contributed by atoms with Gasteiger partial charge in [-0.15, -0.1) is 0 Å². The molecule has 0 saturated carbocycles. The van der Waals surface area contributed by atoms with Gasteiger partial charge in [-0.25, -0.2) is 9.78 Å². The third-order valence-electron chi connectivity index (χ3n) is 4.89. The first-order chi connectivity index (χ1) is 13.5. The number of pyridine rings is 1. The van der Waals surface area contributed by atoms with E-state index in [-0.39, 0.29) is 5.56 Å². The number of ether oxygens (including phenoxy) is 2. The highest BCUT2D eigenvalue weighted by molar-refractivity contribution is 6.04. The number of carboxylic acid groups (broad SMARTS) is 1. The number of carbonyl (C=O) groups is 1. The number of hydrogen-bond acceptors (Lipinski definition) is 4. The molecular formula is C23H25NO4. The number of benzene rings is 2. The van der Waals surface area contributed by atoms with E-state index < -0.39 is 5.97 Å². The molecule has 0 fully saturated rings. The molecule has 0 amide bonds. The van der Waals surface area contributed by atoms with Crippen LogP contribution in [0.25, 0.3) is 22.2 Å². The number of aromatic carboxylic acids is 1. The number of rotatable bonds is 7. The van der Waals surface area contributed by atoms with Gasteiger partial charge in [-0.1, -0.05) is 19.4 Å². The van der Waals surface area contributed by atoms with Gasteiger partial charge in [0.25, 0.3) is 0 Å². The zero-order valence-electron chi connectivity index (χ0n) is 16.7. The lowest BCUT2D eigenvalue weighted by Crippen LogP contribution is -2.02. The predicted molar refractivity (Wildman–Crippen MR) is 111 cm³/mol. The molecule has 146 valence electrons. The summed E-state index contributed by atoms with van der Waals surface area (Å²) < 4.78 is 10.7. The number of methoxy groups -OCH3 is 2. The molecule has 0 aliphatic heterocycles. The minimum Gasteiger partial charge on any atom is -0.493 e. The molecule has 0 aliphatic rings. The van der Waals surface area contributed by atoms with Crippen LogP contribution in [-0.2, 0) is 6.42 Å². The van der Waals surface area contributed by atoms with Crippen molar-refractivity contribution in [1.29, 1.82) is 0 Å². The van der Waals surface area contributed by atoms with Gasteiger partial charge in [-0.05, 0) is 61.2 Å². The van der Waals surface area contributed by atoms with Gasteiger partial charge in [0, 0.05) is 10.9 Å². The molecular weight excluding hydrogens is 354 g/mol. The molecule has 1 aromatic heterocycles. The van der Waals surface area contributed by atoms with Crippen molar-refractivity contribution in [3.63, 3.8) is 0 Å². The molecule has 0 aliphatic carbocycles. The second-order valence-electron chi connectivity index (χ2n) is 6.84. The quantitative estimate of drug-likeness (QED) is 0.606. The highest BCUT2D eigenvalue weighted by Crippen LogP contribution is 2.34. The number of fused-ring (bicyclic) bond motifs is 1. The third kappa shape index (κ3) is 3.79. The van der Waals surface area contributed by atoms with Crippen LogP contribution in [0.2, 0.25) is 0 Å². The highest BCUT2D eigenvalue weighted by Gasteiger charge is 2.16. The van der Waals surface area contributed by atoms with E-state index in [0.717, 1.165) is 36.0 Å². The predicted octanol–water partition coefficient (Wildman–Crippen LogP) is 5.27. The van der Waals surface area contributed by atoms with Gasteiger partial charge in [0.2, 0.25) is 0 Å². The summed E-state index contributed by atoms with van der Waals surface area (Å²) in [4.78, 5) is 16.8. The van der Waals surface area contributed by atoms with E-state index in [2.05, 4.69) is 13.0 Å². The molecule has 28 heavy (non-hydrogen) atoms. The summed E-state index contributed by atoms with van der Waals surface area (Å²) in [7, 11) is 3.15. The van der Waals surface area contributed by atoms with Crippen molar-refractivity contribution >= 4 is 16.9 Å². The van der Waals surface area contributed by atoms with Gasteiger partial charge in [0.05, 0.1) is 31.0 Å². The van der Waals surface area contributed by atoms with Crippen LogP contribution < -0.4 is 9.47 Å². The molecule has 0 spiro atoms. The first-order valence-corrected chi connectivity index (χ1v) is 9.38. The molecule has 1 heterocycles. The first kappa shape index (κ1) is 19.7. The van der Waals surface area contributed by atoms with Gasteiger partial charge >= 0.3 is 5.97 Å². The molecule has 2 aromatic carbocycles. The lowest BCUT2D eigenvalue weighted by Gasteiger charge is -2.13. The molecule has 5 heteroatoms. The van der Waals surface area contributed by atoms with Crippen molar-refractivity contribution in [2.75, 3.05) is 14.2 Å². The van der Waals surface area contributed by atoms with Crippen LogP contribution in [-0.4, -0.2) is 30.3 Å². The van der Waals surface area contributed by atoms with Crippen LogP contribution in [0.3, 0.4) is 0 Å². The van der Waals surface area contributed by atoms with Crippen molar-refractivity contribution in [2.24, 2.45) is 0 Å². The van der Waals surface area contributed by atoms with E-state index in [1.807, 2.05) is 25.1 Å². The fourth-order valence-corrected chi connectivity index (χ4v) is 3.42. The Balaban J connectivity index is 2.20. The molecule has 0 atom stereocenters. The van der Waals surface area contributed by atoms with Gasteiger partial charge < -0.3 is 14.6 Å². The zero-order valence-corrected chi connectivity index (χ0v) is 16.7. The summed E-state index contributed by atoms with van der Waals surface area (Å²) in [6.45, 7) is 4.13. The number of hydrogen-bond donors (Lipinski definition) is 1. The van der Waals surface area contributed by atoms with E-state index in [9.17, 15) is 9.90 Å². The minimum absolute atomic E-state index is 0.260. The van der Waals surface area contributed by atoms with E-state index in [1.165, 1.54) is 0 Å². The second kappa shape index (κ2) is 8.30. The largest absolute Gasteiger partial charge is 0.493 e. The van der Waals surface area contributed by atoms with Crippen molar-refractivity contribution in [3.8, 4) is 22.8 Å². The van der Waals surface area contributed by atoms with Crippen molar-refractivity contribution in [2.45, 2.75) is 33.1 Å². The van der Waals surface area contributed by atoms with Crippen molar-refractivity contribution in [3.05, 3.63) is 53.1 Å². The summed E-state index contributed by atoms with van der Waals surface area (Å²) in [6.07, 6.45) is 3.10. The van der Waals surface area contributed by atoms with Gasteiger partial charge in [0.15, 0.2) is 11.5 Å². The summed E-state index contributed by atoms with van der Waals surface area (Å²) in [5, 5.41) is 10.5. The minimum atomic E-state index is -0.957. The Kier molecular flexibility index (Phi) is 5.83. The Morgan fingerprint density at radius 3 is 2.46 bits per heavy atom. The average Bonchev–Trinajstić information content (AvgIpc) is 2.70. The second-order valence-corrected chi connectivity index (χ2v) is 6.84. The highest BCUT2D eigenvalue weighted by atomic mass is 16.5. The van der Waals surface area contributed by atoms with Crippen LogP contribution in [0.4, 0.5) is 0 Å². The maximum absolute atomic E-state index is 12.0. The van der Waals surface area contributed by atoms with Crippen LogP contribution in [0.15, 0.2) is 36.4 Å². The molecule has 0 bridgehead atoms. The molecule has 0 unspecified atom stereocenters. The molecule has 0 radical (unpaired) electrons. The van der Waals surface area contributed by atoms with Crippen LogP contribution >= 0.6 is 0 Å². The fourth-order valence-electron chi connectivity index (χ4n) is 3.42. The number of aromatic nitrogens is 1. The summed E-state index contributed by atoms with van der Waals surface area (Å²) in [6, 6.07) is 11.2. The Hall–Kier alpha value is -3.08. The monoisotopic (exact) mass is 379 g/mol. The van der Waals surface area contributed by atoms with Gasteiger partial charge in [-0.3, -0.25) is 0 Å². The number of nitrogens with zero attached hydrogens (tertiary/aromatic N) is 1. The normalized spacial score (nSPS) is 10.9. The molecule has 5 nitrogen and oxygen atoms in total. The van der Waals surface area contributed by atoms with Crippen LogP contribution in [0, 0.1) is 6.92 Å². The summed E-state index contributed by atoms with van der Waals surface area (Å²) in [5.41, 5.74) is 4.47. The average molecular weight is 379 g/mol. The van der Waals surface area contributed by atoms with Crippen molar-refractivity contribution < 1.29 is 19.4 Å². The molecule has 3 rings (SSSR count). The topological polar surface area (TPSA) is 68.7 Å². The number of unbranched alkanes of at least 4 members (excludes halogenated alkanes) is 1. The molecule has 3 aromatic rings. The SMILES string of the molecule is CCCCc1cc(C)c2nc(-c3ccc(OC)c(OC)c3)cc(C(=O)O)c2c1. The summed E-state index contributed by atoms with van der Waals surface area (Å²) in [5.74, 6) is 0.230. The van der Waals surface area contributed by atoms with E-state index >= 15 is 0 Å². The van der Waals surface area contributed by atoms with E-state index in [1.54, 1.807) is 26.4 Å². The number of aryl methyl sites for hydroxylation is 2. The van der Waals surface area contributed by atoms with Crippen LogP contribution in [0.1, 0.15) is 41.3 Å². The van der Waals surface area contributed by atoms with E-state index in [0.29, 0.717) is 28.1 Å². The lowest BCUT2D eigenvalue weighted by atomic mass is 9.97. The van der Waals surface area contributed by atoms with Gasteiger partial charge in [-0.2, -0.15) is 0 Å². The van der Waals surface area contributed by atoms with E-state index in [4.69, 9.17) is 14.5 Å². The van der Waals surface area contributed by atoms with Crippen molar-refractivity contribution in [1.82, 2.24) is 4.98 Å². The van der Waals surface area contributed by atoms with Gasteiger partial charge in [0.1, 0.15) is 0 Å². The Morgan fingerprint density at radius 2 is 1.82 bits per heavy atom. The standard InChI is InChI=1S/C23H25NO4/c1-5-6-7-15-10-14(2)22-17(11-15)18(23(25)26)13-19(24-22)16-8-9-20(27-3)21(12-16)28-4/h8-13H,5-7H2,1-4H3,(H,25,26). The zero-order chi connectivity index (χ0) is 20.3.